The molecule has 0 amide bonds. The predicted molar refractivity (Wildman–Crippen MR) is 155 cm³/mol. The Morgan fingerprint density at radius 1 is 0.795 bits per heavy atom. The number of aromatic nitrogens is 3. The molecule has 0 spiro atoms. The van der Waals surface area contributed by atoms with Gasteiger partial charge in [0.2, 0.25) is 0 Å². The lowest BCUT2D eigenvalue weighted by Crippen LogP contribution is -2.35. The largest absolute Gasteiger partial charge is 0.497 e. The third kappa shape index (κ3) is 5.52. The highest BCUT2D eigenvalue weighted by Gasteiger charge is 2.27. The first-order valence-corrected chi connectivity index (χ1v) is 13.6. The molecule has 198 valence electrons. The maximum Gasteiger partial charge on any atom is 0.119 e. The molecule has 1 fully saturated rings. The highest BCUT2D eigenvalue weighted by molar-refractivity contribution is 5.83. The van der Waals surface area contributed by atoms with E-state index in [0.29, 0.717) is 5.92 Å². The fourth-order valence-electron chi connectivity index (χ4n) is 5.74. The maximum absolute atomic E-state index is 5.53. The molecule has 2 aromatic heterocycles. The molecular formula is C33H34N4O2. The third-order valence-corrected chi connectivity index (χ3v) is 7.68. The summed E-state index contributed by atoms with van der Waals surface area (Å²) in [6, 6.07) is 27.5. The fourth-order valence-corrected chi connectivity index (χ4v) is 5.74. The van der Waals surface area contributed by atoms with Crippen molar-refractivity contribution in [3.8, 4) is 22.6 Å². The van der Waals surface area contributed by atoms with E-state index in [2.05, 4.69) is 81.2 Å². The van der Waals surface area contributed by atoms with Gasteiger partial charge in [0.1, 0.15) is 17.3 Å². The Labute approximate surface area is 229 Å². The number of likely N-dealkylation sites (tertiary alicyclic amines) is 1. The average Bonchev–Trinajstić information content (AvgIpc) is 3.35. The van der Waals surface area contributed by atoms with Crippen molar-refractivity contribution in [2.24, 2.45) is 0 Å². The van der Waals surface area contributed by atoms with Crippen LogP contribution in [0.25, 0.3) is 22.2 Å². The van der Waals surface area contributed by atoms with Crippen LogP contribution < -0.4 is 9.47 Å². The van der Waals surface area contributed by atoms with Crippen LogP contribution in [0.3, 0.4) is 0 Å². The van der Waals surface area contributed by atoms with Crippen LogP contribution in [0.5, 0.6) is 11.5 Å². The Morgan fingerprint density at radius 3 is 2.23 bits per heavy atom. The maximum atomic E-state index is 5.53. The second-order valence-electron chi connectivity index (χ2n) is 10.3. The Kier molecular flexibility index (Phi) is 7.28. The first-order chi connectivity index (χ1) is 19.2. The average molecular weight is 519 g/mol. The van der Waals surface area contributed by atoms with E-state index < -0.39 is 0 Å². The van der Waals surface area contributed by atoms with Crippen LogP contribution in [0.1, 0.15) is 35.7 Å². The van der Waals surface area contributed by atoms with Crippen LogP contribution in [-0.4, -0.2) is 46.7 Å². The van der Waals surface area contributed by atoms with Gasteiger partial charge in [-0.2, -0.15) is 0 Å². The zero-order valence-corrected chi connectivity index (χ0v) is 22.6. The van der Waals surface area contributed by atoms with Crippen molar-refractivity contribution >= 4 is 11.0 Å². The van der Waals surface area contributed by atoms with E-state index in [1.807, 2.05) is 24.5 Å². The molecule has 0 bridgehead atoms. The van der Waals surface area contributed by atoms with E-state index in [9.17, 15) is 0 Å². The van der Waals surface area contributed by atoms with Gasteiger partial charge < -0.3 is 14.0 Å². The van der Waals surface area contributed by atoms with Gasteiger partial charge in [0.15, 0.2) is 0 Å². The lowest BCUT2D eigenvalue weighted by molar-refractivity contribution is 0.195. The minimum absolute atomic E-state index is 0.353. The summed E-state index contributed by atoms with van der Waals surface area (Å²) in [6.45, 7) is 3.73. The summed E-state index contributed by atoms with van der Waals surface area (Å²) in [4.78, 5) is 12.0. The molecule has 0 saturated carbocycles. The van der Waals surface area contributed by atoms with Crippen molar-refractivity contribution in [3.05, 3.63) is 108 Å². The monoisotopic (exact) mass is 518 g/mol. The minimum Gasteiger partial charge on any atom is -0.497 e. The molecule has 3 aromatic carbocycles. The number of benzene rings is 3. The first-order valence-electron chi connectivity index (χ1n) is 13.6. The number of nitrogens with zero attached hydrogens (tertiary/aromatic N) is 4. The summed E-state index contributed by atoms with van der Waals surface area (Å²) in [5.41, 5.74) is 7.01. The summed E-state index contributed by atoms with van der Waals surface area (Å²) < 4.78 is 13.4. The topological polar surface area (TPSA) is 52.4 Å². The molecule has 3 heterocycles. The van der Waals surface area contributed by atoms with E-state index in [4.69, 9.17) is 14.5 Å². The van der Waals surface area contributed by atoms with Gasteiger partial charge in [0.05, 0.1) is 25.3 Å². The lowest BCUT2D eigenvalue weighted by atomic mass is 9.96. The molecular weight excluding hydrogens is 484 g/mol. The summed E-state index contributed by atoms with van der Waals surface area (Å²) in [5.74, 6) is 3.30. The number of rotatable bonds is 8. The van der Waals surface area contributed by atoms with Crippen molar-refractivity contribution < 1.29 is 9.47 Å². The van der Waals surface area contributed by atoms with Crippen LogP contribution in [0.4, 0.5) is 0 Å². The number of imidazole rings is 1. The molecule has 1 saturated heterocycles. The summed E-state index contributed by atoms with van der Waals surface area (Å²) >= 11 is 0. The van der Waals surface area contributed by atoms with Crippen molar-refractivity contribution in [2.45, 2.75) is 31.8 Å². The smallest absolute Gasteiger partial charge is 0.119 e. The predicted octanol–water partition coefficient (Wildman–Crippen LogP) is 6.54. The van der Waals surface area contributed by atoms with Gasteiger partial charge in [0, 0.05) is 37.9 Å². The molecule has 1 unspecified atom stereocenters. The molecule has 39 heavy (non-hydrogen) atoms. The van der Waals surface area contributed by atoms with Gasteiger partial charge in [0.25, 0.3) is 0 Å². The van der Waals surface area contributed by atoms with Crippen LogP contribution in [-0.2, 0) is 13.1 Å². The molecule has 0 radical (unpaired) electrons. The zero-order chi connectivity index (χ0) is 26.6. The van der Waals surface area contributed by atoms with Crippen LogP contribution in [0.2, 0.25) is 0 Å². The highest BCUT2D eigenvalue weighted by Crippen LogP contribution is 2.33. The van der Waals surface area contributed by atoms with Gasteiger partial charge in [-0.25, -0.2) is 4.98 Å². The van der Waals surface area contributed by atoms with Gasteiger partial charge in [-0.1, -0.05) is 30.3 Å². The molecule has 1 atom stereocenters. The van der Waals surface area contributed by atoms with Crippen LogP contribution >= 0.6 is 0 Å². The number of pyridine rings is 1. The second-order valence-corrected chi connectivity index (χ2v) is 10.3. The van der Waals surface area contributed by atoms with Gasteiger partial charge in [-0.05, 0) is 90.2 Å². The van der Waals surface area contributed by atoms with E-state index in [0.717, 1.165) is 72.9 Å². The van der Waals surface area contributed by atoms with Crippen LogP contribution in [0, 0.1) is 0 Å². The Hall–Kier alpha value is -4.16. The molecule has 0 N–H and O–H groups in total. The van der Waals surface area contributed by atoms with Crippen molar-refractivity contribution in [3.63, 3.8) is 0 Å². The first kappa shape index (κ1) is 25.1. The Balaban J connectivity index is 1.36. The lowest BCUT2D eigenvalue weighted by Gasteiger charge is -2.32. The molecule has 6 heteroatoms. The third-order valence-electron chi connectivity index (χ3n) is 7.68. The van der Waals surface area contributed by atoms with Crippen LogP contribution in [0.15, 0.2) is 91.3 Å². The van der Waals surface area contributed by atoms with Gasteiger partial charge >= 0.3 is 0 Å². The molecule has 6 nitrogen and oxygen atoms in total. The molecule has 0 aliphatic carbocycles. The van der Waals surface area contributed by atoms with E-state index in [1.165, 1.54) is 16.7 Å². The second kappa shape index (κ2) is 11.3. The Morgan fingerprint density at radius 2 is 1.51 bits per heavy atom. The number of piperidine rings is 1. The summed E-state index contributed by atoms with van der Waals surface area (Å²) in [7, 11) is 3.44. The van der Waals surface area contributed by atoms with Crippen molar-refractivity contribution in [1.29, 1.82) is 0 Å². The molecule has 1 aliphatic rings. The van der Waals surface area contributed by atoms with Crippen molar-refractivity contribution in [2.75, 3.05) is 27.3 Å². The molecule has 6 rings (SSSR count). The quantitative estimate of drug-likeness (QED) is 0.233. The normalized spacial score (nSPS) is 15.9. The fraction of sp³-hybridized carbons (Fsp3) is 0.273. The summed E-state index contributed by atoms with van der Waals surface area (Å²) in [6.07, 6.45) is 5.97. The molecule has 5 aromatic rings. The number of fused-ring (bicyclic) bond motifs is 1. The number of ether oxygens (including phenoxy) is 2. The number of hydrogen-bond donors (Lipinski definition) is 0. The van der Waals surface area contributed by atoms with Crippen molar-refractivity contribution in [1.82, 2.24) is 19.4 Å². The van der Waals surface area contributed by atoms with E-state index in [1.54, 1.807) is 14.2 Å². The number of hydrogen-bond acceptors (Lipinski definition) is 5. The summed E-state index contributed by atoms with van der Waals surface area (Å²) in [5, 5.41) is 0. The SMILES string of the molecule is COc1cccc(CN2CCCC(c3nc4ccc(-c5ccncc5)cc4n3Cc3cccc(OC)c3)C2)c1. The number of methoxy groups -OCH3 is 2. The van der Waals surface area contributed by atoms with E-state index >= 15 is 0 Å². The van der Waals surface area contributed by atoms with E-state index in [-0.39, 0.29) is 0 Å². The molecule has 1 aliphatic heterocycles. The zero-order valence-electron chi connectivity index (χ0n) is 22.6. The standard InChI is InChI=1S/C33H34N4O2/c1-38-29-9-3-6-24(18-29)21-36-17-5-8-28(23-36)33-35-31-12-11-27(26-13-15-34-16-14-26)20-32(31)37(33)22-25-7-4-10-30(19-25)39-2/h3-4,6-7,9-16,18-20,28H,5,8,17,21-23H2,1-2H3. The van der Waals surface area contributed by atoms with Gasteiger partial charge in [-0.15, -0.1) is 0 Å². The highest BCUT2D eigenvalue weighted by atomic mass is 16.5. The Bertz CT molecular complexity index is 1560. The van der Waals surface area contributed by atoms with Gasteiger partial charge in [-0.3, -0.25) is 9.88 Å². The minimum atomic E-state index is 0.353.